The molecule has 0 saturated carbocycles. The molecule has 0 radical (unpaired) electrons. The van der Waals surface area contributed by atoms with Crippen molar-refractivity contribution in [2.45, 2.75) is 19.0 Å². The molecule has 29 heavy (non-hydrogen) atoms. The van der Waals surface area contributed by atoms with Crippen molar-refractivity contribution in [3.8, 4) is 11.4 Å². The van der Waals surface area contributed by atoms with Crippen molar-refractivity contribution < 1.29 is 13.7 Å². The zero-order valence-corrected chi connectivity index (χ0v) is 15.2. The summed E-state index contributed by atoms with van der Waals surface area (Å²) in [5.41, 5.74) is 2.98. The third kappa shape index (κ3) is 3.18. The first-order valence-electron chi connectivity index (χ1n) is 9.16. The van der Waals surface area contributed by atoms with Crippen LogP contribution in [0.3, 0.4) is 0 Å². The number of H-pyrrole nitrogens is 1. The number of carbonyl (C=O) groups is 1. The summed E-state index contributed by atoms with van der Waals surface area (Å²) in [6, 6.07) is 14.5. The number of hydrogen-bond donors (Lipinski definition) is 1. The highest BCUT2D eigenvalue weighted by molar-refractivity contribution is 5.94. The highest BCUT2D eigenvalue weighted by Crippen LogP contribution is 2.33. The molecule has 1 atom stereocenters. The molecule has 7 nitrogen and oxygen atoms in total. The molecule has 0 spiro atoms. The summed E-state index contributed by atoms with van der Waals surface area (Å²) in [7, 11) is 0. The number of aromatic nitrogens is 4. The van der Waals surface area contributed by atoms with E-state index in [1.54, 1.807) is 35.5 Å². The van der Waals surface area contributed by atoms with E-state index in [9.17, 15) is 9.18 Å². The molecule has 4 aromatic rings. The molecule has 1 N–H and O–H groups in total. The number of carbonyl (C=O) groups excluding carboxylic acids is 1. The number of fused-ring (bicyclic) bond motifs is 1. The number of aromatic amines is 1. The van der Waals surface area contributed by atoms with Crippen LogP contribution in [0.4, 0.5) is 4.39 Å². The highest BCUT2D eigenvalue weighted by Gasteiger charge is 2.36. The van der Waals surface area contributed by atoms with Gasteiger partial charge in [-0.15, -0.1) is 0 Å². The molecule has 0 bridgehead atoms. The summed E-state index contributed by atoms with van der Waals surface area (Å²) in [5, 5.41) is 4.03. The Morgan fingerprint density at radius 3 is 2.72 bits per heavy atom. The lowest BCUT2D eigenvalue weighted by atomic mass is 10.0. The third-order valence-corrected chi connectivity index (χ3v) is 5.01. The molecule has 1 aliphatic heterocycles. The van der Waals surface area contributed by atoms with Crippen LogP contribution < -0.4 is 0 Å². The van der Waals surface area contributed by atoms with Crippen molar-refractivity contribution in [3.05, 3.63) is 89.6 Å². The summed E-state index contributed by atoms with van der Waals surface area (Å²) >= 11 is 0. The lowest BCUT2D eigenvalue weighted by molar-refractivity contribution is 0.0590. The van der Waals surface area contributed by atoms with Gasteiger partial charge in [0.05, 0.1) is 24.3 Å². The fraction of sp³-hybridized carbons (Fsp3) is 0.143. The van der Waals surface area contributed by atoms with Gasteiger partial charge in [0.1, 0.15) is 11.9 Å². The Hall–Kier alpha value is -3.81. The van der Waals surface area contributed by atoms with Crippen molar-refractivity contribution in [1.29, 1.82) is 0 Å². The predicted molar refractivity (Wildman–Crippen MR) is 101 cm³/mol. The molecule has 5 rings (SSSR count). The van der Waals surface area contributed by atoms with Crippen LogP contribution in [0.1, 0.15) is 33.7 Å². The summed E-state index contributed by atoms with van der Waals surface area (Å²) in [5.74, 6) is 0.204. The zero-order chi connectivity index (χ0) is 19.8. The molecule has 1 aliphatic rings. The lowest BCUT2D eigenvalue weighted by Crippen LogP contribution is -2.39. The zero-order valence-electron chi connectivity index (χ0n) is 15.2. The van der Waals surface area contributed by atoms with Crippen LogP contribution in [0.2, 0.25) is 0 Å². The Morgan fingerprint density at radius 1 is 1.14 bits per heavy atom. The molecule has 8 heteroatoms. The number of imidazole rings is 1. The fourth-order valence-electron chi connectivity index (χ4n) is 3.50. The topological polar surface area (TPSA) is 87.9 Å². The van der Waals surface area contributed by atoms with Gasteiger partial charge in [-0.1, -0.05) is 23.4 Å². The molecular formula is C21H16FN5O2. The van der Waals surface area contributed by atoms with E-state index in [0.29, 0.717) is 35.8 Å². The van der Waals surface area contributed by atoms with E-state index in [2.05, 4.69) is 20.1 Å². The van der Waals surface area contributed by atoms with Gasteiger partial charge in [-0.2, -0.15) is 4.98 Å². The largest absolute Gasteiger partial charge is 0.347 e. The van der Waals surface area contributed by atoms with Gasteiger partial charge in [0.2, 0.25) is 11.7 Å². The molecule has 2 aromatic carbocycles. The highest BCUT2D eigenvalue weighted by atomic mass is 19.1. The van der Waals surface area contributed by atoms with Gasteiger partial charge < -0.3 is 14.4 Å². The molecule has 0 unspecified atom stereocenters. The summed E-state index contributed by atoms with van der Waals surface area (Å²) in [4.78, 5) is 26.8. The monoisotopic (exact) mass is 389 g/mol. The minimum atomic E-state index is -0.444. The van der Waals surface area contributed by atoms with Crippen LogP contribution in [-0.2, 0) is 13.0 Å². The minimum absolute atomic E-state index is 0.127. The van der Waals surface area contributed by atoms with E-state index >= 15 is 0 Å². The first-order chi connectivity index (χ1) is 14.2. The van der Waals surface area contributed by atoms with Crippen molar-refractivity contribution in [2.24, 2.45) is 0 Å². The van der Waals surface area contributed by atoms with Gasteiger partial charge in [0.15, 0.2) is 0 Å². The number of amides is 1. The maximum Gasteiger partial charge on any atom is 0.254 e. The van der Waals surface area contributed by atoms with E-state index in [-0.39, 0.29) is 11.7 Å². The summed E-state index contributed by atoms with van der Waals surface area (Å²) < 4.78 is 18.7. The van der Waals surface area contributed by atoms with E-state index in [1.165, 1.54) is 12.1 Å². The number of halogens is 1. The number of nitrogens with zero attached hydrogens (tertiary/aromatic N) is 4. The lowest BCUT2D eigenvalue weighted by Gasteiger charge is -2.32. The quantitative estimate of drug-likeness (QED) is 0.579. The minimum Gasteiger partial charge on any atom is -0.347 e. The van der Waals surface area contributed by atoms with Crippen molar-refractivity contribution in [2.75, 3.05) is 0 Å². The molecule has 1 amide bonds. The normalized spacial score (nSPS) is 15.9. The van der Waals surface area contributed by atoms with Gasteiger partial charge in [0, 0.05) is 17.5 Å². The van der Waals surface area contributed by atoms with Crippen LogP contribution in [0.25, 0.3) is 11.4 Å². The Balaban J connectivity index is 1.51. The van der Waals surface area contributed by atoms with Crippen molar-refractivity contribution in [3.63, 3.8) is 0 Å². The van der Waals surface area contributed by atoms with E-state index in [1.807, 2.05) is 18.2 Å². The van der Waals surface area contributed by atoms with Gasteiger partial charge in [-0.05, 0) is 36.4 Å². The van der Waals surface area contributed by atoms with E-state index in [0.717, 1.165) is 11.4 Å². The Kier molecular flexibility index (Phi) is 4.16. The van der Waals surface area contributed by atoms with Gasteiger partial charge in [-0.3, -0.25) is 4.79 Å². The average Bonchev–Trinajstić information content (AvgIpc) is 3.43. The molecule has 144 valence electrons. The Labute approximate surface area is 165 Å². The van der Waals surface area contributed by atoms with Gasteiger partial charge in [-0.25, -0.2) is 9.37 Å². The third-order valence-electron chi connectivity index (χ3n) is 5.01. The molecule has 0 fully saturated rings. The average molecular weight is 389 g/mol. The summed E-state index contributed by atoms with van der Waals surface area (Å²) in [6.45, 7) is 0.363. The second-order valence-electron chi connectivity index (χ2n) is 6.81. The molecule has 3 heterocycles. The number of rotatable bonds is 3. The molecule has 0 aliphatic carbocycles. The number of hydrogen-bond acceptors (Lipinski definition) is 5. The standard InChI is InChI=1S/C21H16FN5O2/c22-15-8-6-13(7-9-15)19-25-20(29-26-19)18-10-16-17(24-12-23-16)11-27(18)21(28)14-4-2-1-3-5-14/h1-9,12,18H,10-11H2,(H,23,24)/t18-/m0/s1. The van der Waals surface area contributed by atoms with Crippen LogP contribution in [-0.4, -0.2) is 30.9 Å². The number of nitrogens with one attached hydrogen (secondary N) is 1. The Bertz CT molecular complexity index is 1150. The van der Waals surface area contributed by atoms with Crippen LogP contribution >= 0.6 is 0 Å². The summed E-state index contributed by atoms with van der Waals surface area (Å²) in [6.07, 6.45) is 2.08. The maximum absolute atomic E-state index is 13.2. The second kappa shape index (κ2) is 6.97. The first-order valence-corrected chi connectivity index (χ1v) is 9.16. The van der Waals surface area contributed by atoms with Gasteiger partial charge >= 0.3 is 0 Å². The number of benzene rings is 2. The van der Waals surface area contributed by atoms with Crippen LogP contribution in [0.5, 0.6) is 0 Å². The predicted octanol–water partition coefficient (Wildman–Crippen LogP) is 3.54. The van der Waals surface area contributed by atoms with Crippen molar-refractivity contribution >= 4 is 5.91 Å². The van der Waals surface area contributed by atoms with Gasteiger partial charge in [0.25, 0.3) is 5.91 Å². The van der Waals surface area contributed by atoms with Crippen molar-refractivity contribution in [1.82, 2.24) is 25.0 Å². The second-order valence-corrected chi connectivity index (χ2v) is 6.81. The molecular weight excluding hydrogens is 373 g/mol. The first kappa shape index (κ1) is 17.3. The van der Waals surface area contributed by atoms with Crippen LogP contribution in [0, 0.1) is 5.82 Å². The fourth-order valence-corrected chi connectivity index (χ4v) is 3.50. The molecule has 2 aromatic heterocycles. The van der Waals surface area contributed by atoms with E-state index < -0.39 is 6.04 Å². The SMILES string of the molecule is O=C(c1ccccc1)N1Cc2[nH]cnc2C[C@H]1c1nc(-c2ccc(F)cc2)no1. The van der Waals surface area contributed by atoms with Crippen LogP contribution in [0.15, 0.2) is 65.4 Å². The molecule has 0 saturated heterocycles. The van der Waals surface area contributed by atoms with E-state index in [4.69, 9.17) is 4.52 Å². The smallest absolute Gasteiger partial charge is 0.254 e. The Morgan fingerprint density at radius 2 is 1.93 bits per heavy atom. The maximum atomic E-state index is 13.2.